The number of amides is 2. The molecule has 122 valence electrons. The molecule has 1 aliphatic heterocycles. The smallest absolute Gasteiger partial charge is 0.317 e. The Balaban J connectivity index is 1.86. The van der Waals surface area contributed by atoms with E-state index in [1.165, 1.54) is 0 Å². The van der Waals surface area contributed by atoms with E-state index in [1.807, 2.05) is 36.1 Å². The fourth-order valence-corrected chi connectivity index (χ4v) is 2.59. The third kappa shape index (κ3) is 4.35. The summed E-state index contributed by atoms with van der Waals surface area (Å²) in [5.74, 6) is 0.788. The lowest BCUT2D eigenvalue weighted by Gasteiger charge is -2.35. The number of hydrogen-bond acceptors (Lipinski definition) is 4. The summed E-state index contributed by atoms with van der Waals surface area (Å²) < 4.78 is 5.21. The minimum atomic E-state index is -0.0712. The predicted molar refractivity (Wildman–Crippen MR) is 85.0 cm³/mol. The highest BCUT2D eigenvalue weighted by molar-refractivity contribution is 5.74. The molecule has 22 heavy (non-hydrogen) atoms. The van der Waals surface area contributed by atoms with Crippen LogP contribution in [0.1, 0.15) is 18.5 Å². The van der Waals surface area contributed by atoms with E-state index in [9.17, 15) is 4.79 Å². The van der Waals surface area contributed by atoms with Crippen molar-refractivity contribution in [1.82, 2.24) is 15.1 Å². The van der Waals surface area contributed by atoms with Crippen molar-refractivity contribution < 1.29 is 14.6 Å². The van der Waals surface area contributed by atoms with E-state index in [-0.39, 0.29) is 18.7 Å². The lowest BCUT2D eigenvalue weighted by molar-refractivity contribution is 0.121. The minimum Gasteiger partial charge on any atom is -0.497 e. The Bertz CT molecular complexity index is 487. The molecule has 1 fully saturated rings. The van der Waals surface area contributed by atoms with Crippen LogP contribution in [0.3, 0.4) is 0 Å². The van der Waals surface area contributed by atoms with Crippen molar-refractivity contribution >= 4 is 6.03 Å². The third-order valence-electron chi connectivity index (χ3n) is 4.01. The van der Waals surface area contributed by atoms with E-state index in [0.717, 1.165) is 24.4 Å². The summed E-state index contributed by atoms with van der Waals surface area (Å²) >= 11 is 0. The molecule has 1 saturated heterocycles. The Morgan fingerprint density at radius 1 is 1.36 bits per heavy atom. The van der Waals surface area contributed by atoms with Crippen molar-refractivity contribution in [2.75, 3.05) is 46.4 Å². The Kier molecular flexibility index (Phi) is 6.03. The van der Waals surface area contributed by atoms with Gasteiger partial charge in [-0.1, -0.05) is 12.1 Å². The number of methoxy groups -OCH3 is 1. The number of ether oxygens (including phenoxy) is 1. The molecular formula is C16H25N3O3. The van der Waals surface area contributed by atoms with E-state index < -0.39 is 0 Å². The summed E-state index contributed by atoms with van der Waals surface area (Å²) in [6.07, 6.45) is 0. The number of nitrogens with zero attached hydrogens (tertiary/aromatic N) is 2. The maximum absolute atomic E-state index is 12.3. The van der Waals surface area contributed by atoms with Gasteiger partial charge in [0, 0.05) is 32.7 Å². The van der Waals surface area contributed by atoms with Gasteiger partial charge in [-0.05, 0) is 24.6 Å². The maximum Gasteiger partial charge on any atom is 0.317 e. The molecule has 1 aromatic rings. The first kappa shape index (κ1) is 16.6. The fourth-order valence-electron chi connectivity index (χ4n) is 2.59. The first-order valence-corrected chi connectivity index (χ1v) is 7.66. The summed E-state index contributed by atoms with van der Waals surface area (Å²) in [6, 6.07) is 7.61. The van der Waals surface area contributed by atoms with Crippen LogP contribution in [0.5, 0.6) is 5.75 Å². The first-order valence-electron chi connectivity index (χ1n) is 7.66. The number of benzene rings is 1. The first-order chi connectivity index (χ1) is 10.6. The lowest BCUT2D eigenvalue weighted by atomic mass is 10.1. The molecule has 0 saturated carbocycles. The van der Waals surface area contributed by atoms with E-state index in [4.69, 9.17) is 9.84 Å². The van der Waals surface area contributed by atoms with Crippen molar-refractivity contribution in [1.29, 1.82) is 0 Å². The van der Waals surface area contributed by atoms with Crippen LogP contribution in [0.15, 0.2) is 24.3 Å². The maximum atomic E-state index is 12.3. The summed E-state index contributed by atoms with van der Waals surface area (Å²) in [6.45, 7) is 5.81. The molecule has 0 unspecified atom stereocenters. The number of aliphatic hydroxyl groups is 1. The summed E-state index contributed by atoms with van der Waals surface area (Å²) in [5.41, 5.74) is 1.02. The van der Waals surface area contributed by atoms with Crippen LogP contribution in [-0.2, 0) is 0 Å². The van der Waals surface area contributed by atoms with Gasteiger partial charge in [0.15, 0.2) is 0 Å². The van der Waals surface area contributed by atoms with Gasteiger partial charge in [0.05, 0.1) is 19.8 Å². The molecule has 1 aromatic carbocycles. The monoisotopic (exact) mass is 307 g/mol. The zero-order valence-electron chi connectivity index (χ0n) is 13.3. The topological polar surface area (TPSA) is 65.0 Å². The Morgan fingerprint density at radius 2 is 2.09 bits per heavy atom. The van der Waals surface area contributed by atoms with Crippen molar-refractivity contribution in [2.45, 2.75) is 13.0 Å². The van der Waals surface area contributed by atoms with Crippen LogP contribution in [0.25, 0.3) is 0 Å². The predicted octanol–water partition coefficient (Wildman–Crippen LogP) is 1.08. The molecule has 1 heterocycles. The summed E-state index contributed by atoms with van der Waals surface area (Å²) in [4.78, 5) is 16.3. The number of carbonyl (C=O) groups is 1. The Labute approximate surface area is 131 Å². The van der Waals surface area contributed by atoms with Crippen LogP contribution in [-0.4, -0.2) is 67.4 Å². The second kappa shape index (κ2) is 8.00. The van der Waals surface area contributed by atoms with Crippen molar-refractivity contribution in [3.8, 4) is 5.75 Å². The second-order valence-electron chi connectivity index (χ2n) is 5.50. The molecule has 1 atom stereocenters. The number of nitrogens with one attached hydrogen (secondary N) is 1. The van der Waals surface area contributed by atoms with Crippen molar-refractivity contribution in [2.24, 2.45) is 0 Å². The number of rotatable bonds is 5. The number of carbonyl (C=O) groups excluding carboxylic acids is 1. The molecule has 6 heteroatoms. The number of hydrogen-bond donors (Lipinski definition) is 2. The summed E-state index contributed by atoms with van der Waals surface area (Å²) in [5, 5.41) is 12.0. The number of urea groups is 1. The Hall–Kier alpha value is -1.79. The fraction of sp³-hybridized carbons (Fsp3) is 0.562. The summed E-state index contributed by atoms with van der Waals surface area (Å²) in [7, 11) is 1.63. The lowest BCUT2D eigenvalue weighted by Crippen LogP contribution is -2.52. The van der Waals surface area contributed by atoms with Gasteiger partial charge in [-0.2, -0.15) is 0 Å². The van der Waals surface area contributed by atoms with E-state index >= 15 is 0 Å². The van der Waals surface area contributed by atoms with Crippen LogP contribution in [0.4, 0.5) is 4.79 Å². The second-order valence-corrected chi connectivity index (χ2v) is 5.50. The molecule has 6 nitrogen and oxygen atoms in total. The molecule has 0 radical (unpaired) electrons. The molecule has 1 aliphatic rings. The third-order valence-corrected chi connectivity index (χ3v) is 4.01. The largest absolute Gasteiger partial charge is 0.497 e. The molecule has 2 N–H and O–H groups in total. The number of β-amino-alcohol motifs (C(OH)–C–C–N with tert-alkyl or cyclic N) is 1. The van der Waals surface area contributed by atoms with Crippen molar-refractivity contribution in [3.05, 3.63) is 29.8 Å². The highest BCUT2D eigenvalue weighted by atomic mass is 16.5. The van der Waals surface area contributed by atoms with Gasteiger partial charge in [0.2, 0.25) is 0 Å². The minimum absolute atomic E-state index is 0.0426. The number of aliphatic hydroxyl groups excluding tert-OH is 1. The van der Waals surface area contributed by atoms with Crippen molar-refractivity contribution in [3.63, 3.8) is 0 Å². The standard InChI is InChI=1S/C16H25N3O3/c1-13(14-4-3-5-15(12-14)22-2)17-16(21)19-8-6-18(7-9-19)10-11-20/h3-5,12-13,20H,6-11H2,1-2H3,(H,17,21)/t13-/m0/s1. The molecule has 0 aromatic heterocycles. The normalized spacial score (nSPS) is 17.1. The average molecular weight is 307 g/mol. The van der Waals surface area contributed by atoms with Gasteiger partial charge in [-0.15, -0.1) is 0 Å². The van der Waals surface area contributed by atoms with Gasteiger partial charge in [0.1, 0.15) is 5.75 Å². The van der Waals surface area contributed by atoms with E-state index in [2.05, 4.69) is 10.2 Å². The molecule has 0 aliphatic carbocycles. The quantitative estimate of drug-likeness (QED) is 0.854. The number of piperazine rings is 1. The molecular weight excluding hydrogens is 282 g/mol. The average Bonchev–Trinajstić information content (AvgIpc) is 2.55. The van der Waals surface area contributed by atoms with Crippen LogP contribution >= 0.6 is 0 Å². The molecule has 2 amide bonds. The molecule has 2 rings (SSSR count). The zero-order chi connectivity index (χ0) is 15.9. The van der Waals surface area contributed by atoms with Crippen LogP contribution < -0.4 is 10.1 Å². The van der Waals surface area contributed by atoms with Gasteiger partial charge in [-0.3, -0.25) is 4.90 Å². The highest BCUT2D eigenvalue weighted by Gasteiger charge is 2.22. The highest BCUT2D eigenvalue weighted by Crippen LogP contribution is 2.19. The van der Waals surface area contributed by atoms with E-state index in [1.54, 1.807) is 7.11 Å². The van der Waals surface area contributed by atoms with Gasteiger partial charge < -0.3 is 20.1 Å². The van der Waals surface area contributed by atoms with Gasteiger partial charge in [-0.25, -0.2) is 4.79 Å². The molecule has 0 spiro atoms. The zero-order valence-corrected chi connectivity index (χ0v) is 13.3. The van der Waals surface area contributed by atoms with E-state index in [0.29, 0.717) is 19.6 Å². The Morgan fingerprint density at radius 3 is 2.73 bits per heavy atom. The van der Waals surface area contributed by atoms with Gasteiger partial charge in [0.25, 0.3) is 0 Å². The SMILES string of the molecule is COc1cccc([C@H](C)NC(=O)N2CCN(CCO)CC2)c1. The van der Waals surface area contributed by atoms with Crippen LogP contribution in [0, 0.1) is 0 Å². The molecule has 0 bridgehead atoms. The van der Waals surface area contributed by atoms with Gasteiger partial charge >= 0.3 is 6.03 Å². The van der Waals surface area contributed by atoms with Crippen LogP contribution in [0.2, 0.25) is 0 Å².